The van der Waals surface area contributed by atoms with Crippen molar-refractivity contribution in [2.45, 2.75) is 31.8 Å². The second-order valence-electron chi connectivity index (χ2n) is 4.96. The lowest BCUT2D eigenvalue weighted by molar-refractivity contribution is -0.140. The number of carboxylic acid groups (broad SMARTS) is 1. The standard InChI is InChI=1S/C15H18O5/c1-19-12-6-4-11(5-7-12)15(18)20-13-8-2-10(3-9-13)14(16)17/h2-3,8-9,11-12H,4-7H2,1H3,(H,16,17). The van der Waals surface area contributed by atoms with Crippen LogP contribution in [0.2, 0.25) is 0 Å². The van der Waals surface area contributed by atoms with Gasteiger partial charge in [-0.3, -0.25) is 4.79 Å². The van der Waals surface area contributed by atoms with Gasteiger partial charge in [-0.1, -0.05) is 0 Å². The largest absolute Gasteiger partial charge is 0.478 e. The van der Waals surface area contributed by atoms with Crippen molar-refractivity contribution in [1.29, 1.82) is 0 Å². The highest BCUT2D eigenvalue weighted by atomic mass is 16.5. The number of ether oxygens (including phenoxy) is 2. The van der Waals surface area contributed by atoms with Crippen LogP contribution >= 0.6 is 0 Å². The predicted octanol–water partition coefficient (Wildman–Crippen LogP) is 2.50. The van der Waals surface area contributed by atoms with Gasteiger partial charge in [0.05, 0.1) is 17.6 Å². The molecule has 1 aliphatic rings. The molecule has 0 heterocycles. The third kappa shape index (κ3) is 3.57. The summed E-state index contributed by atoms with van der Waals surface area (Å²) in [5, 5.41) is 8.79. The van der Waals surface area contributed by atoms with Crippen molar-refractivity contribution in [3.05, 3.63) is 29.8 Å². The smallest absolute Gasteiger partial charge is 0.335 e. The van der Waals surface area contributed by atoms with Crippen molar-refractivity contribution in [1.82, 2.24) is 0 Å². The molecule has 20 heavy (non-hydrogen) atoms. The number of methoxy groups -OCH3 is 1. The first-order valence-corrected chi connectivity index (χ1v) is 6.68. The molecule has 5 heteroatoms. The molecule has 1 fully saturated rings. The van der Waals surface area contributed by atoms with E-state index in [9.17, 15) is 9.59 Å². The molecule has 1 aliphatic carbocycles. The number of aromatic carboxylic acids is 1. The molecule has 2 rings (SSSR count). The number of carbonyl (C=O) groups excluding carboxylic acids is 1. The van der Waals surface area contributed by atoms with Crippen LogP contribution < -0.4 is 4.74 Å². The molecule has 0 atom stereocenters. The highest BCUT2D eigenvalue weighted by Crippen LogP contribution is 2.27. The molecule has 1 aromatic carbocycles. The van der Waals surface area contributed by atoms with E-state index >= 15 is 0 Å². The average molecular weight is 278 g/mol. The van der Waals surface area contributed by atoms with Gasteiger partial charge in [-0.15, -0.1) is 0 Å². The molecule has 1 N–H and O–H groups in total. The summed E-state index contributed by atoms with van der Waals surface area (Å²) in [4.78, 5) is 22.7. The Kier molecular flexibility index (Phi) is 4.74. The van der Waals surface area contributed by atoms with E-state index in [0.717, 1.165) is 25.7 Å². The van der Waals surface area contributed by atoms with Crippen molar-refractivity contribution in [3.8, 4) is 5.75 Å². The SMILES string of the molecule is COC1CCC(C(=O)Oc2ccc(C(=O)O)cc2)CC1. The highest BCUT2D eigenvalue weighted by Gasteiger charge is 2.27. The number of carbonyl (C=O) groups is 2. The summed E-state index contributed by atoms with van der Waals surface area (Å²) in [6.45, 7) is 0. The minimum Gasteiger partial charge on any atom is -0.478 e. The van der Waals surface area contributed by atoms with E-state index < -0.39 is 5.97 Å². The lowest BCUT2D eigenvalue weighted by atomic mass is 9.87. The quantitative estimate of drug-likeness (QED) is 0.676. The number of benzene rings is 1. The molecule has 0 spiro atoms. The molecule has 108 valence electrons. The van der Waals surface area contributed by atoms with Crippen LogP contribution in [0.4, 0.5) is 0 Å². The first-order chi connectivity index (χ1) is 9.60. The first kappa shape index (κ1) is 14.5. The van der Waals surface area contributed by atoms with Gasteiger partial charge in [-0.2, -0.15) is 0 Å². The number of rotatable bonds is 4. The van der Waals surface area contributed by atoms with Crippen molar-refractivity contribution < 1.29 is 24.2 Å². The summed E-state index contributed by atoms with van der Waals surface area (Å²) < 4.78 is 10.6. The van der Waals surface area contributed by atoms with Gasteiger partial charge >= 0.3 is 11.9 Å². The zero-order chi connectivity index (χ0) is 14.5. The molecule has 0 aromatic heterocycles. The maximum absolute atomic E-state index is 12.0. The predicted molar refractivity (Wildman–Crippen MR) is 71.8 cm³/mol. The Labute approximate surface area is 117 Å². The Hall–Kier alpha value is -1.88. The Balaban J connectivity index is 1.90. The molecule has 0 aliphatic heterocycles. The van der Waals surface area contributed by atoms with E-state index in [0.29, 0.717) is 5.75 Å². The van der Waals surface area contributed by atoms with E-state index in [1.54, 1.807) is 7.11 Å². The van der Waals surface area contributed by atoms with Crippen LogP contribution in [0.25, 0.3) is 0 Å². The van der Waals surface area contributed by atoms with Crippen molar-refractivity contribution in [2.24, 2.45) is 5.92 Å². The van der Waals surface area contributed by atoms with Crippen molar-refractivity contribution in [3.63, 3.8) is 0 Å². The van der Waals surface area contributed by atoms with Gasteiger partial charge < -0.3 is 14.6 Å². The lowest BCUT2D eigenvalue weighted by Gasteiger charge is -2.26. The van der Waals surface area contributed by atoms with E-state index in [4.69, 9.17) is 14.6 Å². The number of hydrogen-bond donors (Lipinski definition) is 1. The van der Waals surface area contributed by atoms with Gasteiger partial charge in [-0.25, -0.2) is 4.79 Å². The Morgan fingerprint density at radius 2 is 1.70 bits per heavy atom. The molecule has 0 amide bonds. The summed E-state index contributed by atoms with van der Waals surface area (Å²) in [7, 11) is 1.69. The summed E-state index contributed by atoms with van der Waals surface area (Å²) in [6, 6.07) is 5.85. The third-order valence-electron chi connectivity index (χ3n) is 3.66. The monoisotopic (exact) mass is 278 g/mol. The van der Waals surface area contributed by atoms with Crippen LogP contribution in [-0.2, 0) is 9.53 Å². The normalized spacial score (nSPS) is 22.2. The minimum absolute atomic E-state index is 0.0967. The van der Waals surface area contributed by atoms with Gasteiger partial charge in [0.1, 0.15) is 5.75 Å². The molecule has 1 aromatic rings. The Bertz CT molecular complexity index is 472. The van der Waals surface area contributed by atoms with Crippen LogP contribution in [0.15, 0.2) is 24.3 Å². The third-order valence-corrected chi connectivity index (χ3v) is 3.66. The summed E-state index contributed by atoms with van der Waals surface area (Å²) in [5.74, 6) is -0.960. The zero-order valence-corrected chi connectivity index (χ0v) is 11.4. The van der Waals surface area contributed by atoms with Gasteiger partial charge in [0.2, 0.25) is 0 Å². The first-order valence-electron chi connectivity index (χ1n) is 6.68. The average Bonchev–Trinajstić information content (AvgIpc) is 2.48. The fraction of sp³-hybridized carbons (Fsp3) is 0.467. The van der Waals surface area contributed by atoms with Crippen molar-refractivity contribution in [2.75, 3.05) is 7.11 Å². The molecule has 0 saturated heterocycles. The highest BCUT2D eigenvalue weighted by molar-refractivity contribution is 5.87. The molecule has 1 saturated carbocycles. The van der Waals surface area contributed by atoms with Crippen LogP contribution in [0.1, 0.15) is 36.0 Å². The molecule has 5 nitrogen and oxygen atoms in total. The lowest BCUT2D eigenvalue weighted by Crippen LogP contribution is -2.28. The number of hydrogen-bond acceptors (Lipinski definition) is 4. The fourth-order valence-corrected chi connectivity index (χ4v) is 2.40. The summed E-state index contributed by atoms with van der Waals surface area (Å²) in [6.07, 6.45) is 3.52. The van der Waals surface area contributed by atoms with E-state index in [2.05, 4.69) is 0 Å². The Morgan fingerprint density at radius 1 is 1.10 bits per heavy atom. The van der Waals surface area contributed by atoms with E-state index in [1.165, 1.54) is 24.3 Å². The van der Waals surface area contributed by atoms with Crippen LogP contribution in [0, 0.1) is 5.92 Å². The summed E-state index contributed by atoms with van der Waals surface area (Å²) >= 11 is 0. The van der Waals surface area contributed by atoms with Gasteiger partial charge in [-0.05, 0) is 49.9 Å². The van der Waals surface area contributed by atoms with Crippen molar-refractivity contribution >= 4 is 11.9 Å². The maximum Gasteiger partial charge on any atom is 0.335 e. The van der Waals surface area contributed by atoms with Crippen LogP contribution in [0.3, 0.4) is 0 Å². The molecular weight excluding hydrogens is 260 g/mol. The topological polar surface area (TPSA) is 72.8 Å². The van der Waals surface area contributed by atoms with Gasteiger partial charge in [0.25, 0.3) is 0 Å². The number of carboxylic acids is 1. The number of esters is 1. The van der Waals surface area contributed by atoms with E-state index in [1.807, 2.05) is 0 Å². The van der Waals surface area contributed by atoms with Gasteiger partial charge in [0, 0.05) is 7.11 Å². The van der Waals surface area contributed by atoms with E-state index in [-0.39, 0.29) is 23.6 Å². The fourth-order valence-electron chi connectivity index (χ4n) is 2.40. The zero-order valence-electron chi connectivity index (χ0n) is 11.4. The minimum atomic E-state index is -0.999. The molecular formula is C15H18O5. The van der Waals surface area contributed by atoms with Crippen LogP contribution in [-0.4, -0.2) is 30.3 Å². The second kappa shape index (κ2) is 6.52. The second-order valence-corrected chi connectivity index (χ2v) is 4.96. The molecule has 0 bridgehead atoms. The molecule has 0 radical (unpaired) electrons. The van der Waals surface area contributed by atoms with Gasteiger partial charge in [0.15, 0.2) is 0 Å². The summed E-state index contributed by atoms with van der Waals surface area (Å²) in [5.41, 5.74) is 0.172. The Morgan fingerprint density at radius 3 is 2.20 bits per heavy atom. The van der Waals surface area contributed by atoms with Crippen LogP contribution in [0.5, 0.6) is 5.75 Å². The maximum atomic E-state index is 12.0. The molecule has 0 unspecified atom stereocenters.